The maximum atomic E-state index is 12.8. The average molecular weight is 375 g/mol. The van der Waals surface area contributed by atoms with Gasteiger partial charge in [-0.05, 0) is 37.3 Å². The third-order valence-electron chi connectivity index (χ3n) is 2.93. The van der Waals surface area contributed by atoms with Crippen LogP contribution < -0.4 is 10.6 Å². The number of nitrogens with one attached hydrogen (secondary N) is 2. The molecule has 3 nitrogen and oxygen atoms in total. The first-order chi connectivity index (χ1) is 10.3. The van der Waals surface area contributed by atoms with Gasteiger partial charge in [-0.2, -0.15) is 13.2 Å². The second kappa shape index (κ2) is 6.58. The lowest BCUT2D eigenvalue weighted by molar-refractivity contribution is -0.138. The summed E-state index contributed by atoms with van der Waals surface area (Å²) in [6.45, 7) is 1.93. The number of halogens is 4. The normalized spacial score (nSPS) is 12.8. The van der Waals surface area contributed by atoms with Crippen molar-refractivity contribution in [3.63, 3.8) is 0 Å². The van der Waals surface area contributed by atoms with E-state index in [9.17, 15) is 18.3 Å². The van der Waals surface area contributed by atoms with Crippen molar-refractivity contribution in [3.05, 3.63) is 58.1 Å². The van der Waals surface area contributed by atoms with Crippen LogP contribution in [0.4, 0.5) is 24.5 Å². The van der Waals surface area contributed by atoms with Gasteiger partial charge in [0.2, 0.25) is 6.35 Å². The van der Waals surface area contributed by atoms with Gasteiger partial charge in [0.05, 0.1) is 5.56 Å². The SMILES string of the molecule is Cc1ccc(NC(O)Nc2ccc(Br)c(C(F)(F)F)c2)cc1. The van der Waals surface area contributed by atoms with E-state index in [2.05, 4.69) is 26.6 Å². The van der Waals surface area contributed by atoms with Crippen molar-refractivity contribution in [2.75, 3.05) is 10.6 Å². The molecule has 0 fully saturated rings. The van der Waals surface area contributed by atoms with Crippen LogP contribution in [0.15, 0.2) is 46.9 Å². The summed E-state index contributed by atoms with van der Waals surface area (Å²) in [6, 6.07) is 10.9. The molecule has 0 amide bonds. The predicted octanol–water partition coefficient (Wildman–Crippen LogP) is 4.58. The lowest BCUT2D eigenvalue weighted by atomic mass is 10.2. The summed E-state index contributed by atoms with van der Waals surface area (Å²) < 4.78 is 38.4. The zero-order valence-corrected chi connectivity index (χ0v) is 13.2. The number of alkyl halides is 3. The van der Waals surface area contributed by atoms with Crippen molar-refractivity contribution in [1.29, 1.82) is 0 Å². The van der Waals surface area contributed by atoms with Gasteiger partial charge in [0.1, 0.15) is 0 Å². The van der Waals surface area contributed by atoms with Gasteiger partial charge in [0, 0.05) is 15.8 Å². The summed E-state index contributed by atoms with van der Waals surface area (Å²) in [5, 5.41) is 15.2. The van der Waals surface area contributed by atoms with Gasteiger partial charge in [-0.3, -0.25) is 0 Å². The van der Waals surface area contributed by atoms with Crippen molar-refractivity contribution in [1.82, 2.24) is 0 Å². The van der Waals surface area contributed by atoms with Crippen LogP contribution in [0.25, 0.3) is 0 Å². The second-order valence-corrected chi connectivity index (χ2v) is 5.60. The van der Waals surface area contributed by atoms with Crippen LogP contribution in [-0.2, 0) is 6.18 Å². The summed E-state index contributed by atoms with van der Waals surface area (Å²) in [5.74, 6) is 0. The fourth-order valence-electron chi connectivity index (χ4n) is 1.83. The highest BCUT2D eigenvalue weighted by Gasteiger charge is 2.33. The Balaban J connectivity index is 2.08. The fourth-order valence-corrected chi connectivity index (χ4v) is 2.31. The molecule has 22 heavy (non-hydrogen) atoms. The summed E-state index contributed by atoms with van der Waals surface area (Å²) in [4.78, 5) is 0. The molecule has 118 valence electrons. The monoisotopic (exact) mass is 374 g/mol. The molecule has 3 N–H and O–H groups in total. The van der Waals surface area contributed by atoms with E-state index in [4.69, 9.17) is 0 Å². The minimum Gasteiger partial charge on any atom is -0.357 e. The van der Waals surface area contributed by atoms with E-state index in [-0.39, 0.29) is 10.2 Å². The highest BCUT2D eigenvalue weighted by atomic mass is 79.9. The second-order valence-electron chi connectivity index (χ2n) is 4.75. The van der Waals surface area contributed by atoms with Crippen LogP contribution in [-0.4, -0.2) is 11.5 Å². The lowest BCUT2D eigenvalue weighted by Gasteiger charge is -2.18. The molecule has 1 atom stereocenters. The maximum absolute atomic E-state index is 12.8. The van der Waals surface area contributed by atoms with Gasteiger partial charge in [-0.25, -0.2) is 0 Å². The number of rotatable bonds is 4. The van der Waals surface area contributed by atoms with E-state index < -0.39 is 18.1 Å². The van der Waals surface area contributed by atoms with E-state index in [1.54, 1.807) is 12.1 Å². The first-order valence-electron chi connectivity index (χ1n) is 6.40. The number of benzene rings is 2. The third kappa shape index (κ3) is 4.38. The molecule has 0 aliphatic rings. The molecule has 7 heteroatoms. The molecule has 0 aromatic heterocycles. The Morgan fingerprint density at radius 2 is 1.55 bits per heavy atom. The lowest BCUT2D eigenvalue weighted by Crippen LogP contribution is -2.28. The van der Waals surface area contributed by atoms with E-state index in [1.165, 1.54) is 12.1 Å². The minimum atomic E-state index is -4.47. The molecule has 0 aliphatic heterocycles. The van der Waals surface area contributed by atoms with Crippen molar-refractivity contribution < 1.29 is 18.3 Å². The molecule has 2 aromatic rings. The number of anilines is 2. The molecule has 0 radical (unpaired) electrons. The van der Waals surface area contributed by atoms with Gasteiger partial charge in [-0.15, -0.1) is 0 Å². The minimum absolute atomic E-state index is 0.0495. The van der Waals surface area contributed by atoms with Crippen LogP contribution in [0.1, 0.15) is 11.1 Å². The van der Waals surface area contributed by atoms with Crippen LogP contribution in [0.5, 0.6) is 0 Å². The Kier molecular flexibility index (Phi) is 4.97. The molecule has 1 unspecified atom stereocenters. The Morgan fingerprint density at radius 3 is 2.14 bits per heavy atom. The molecule has 0 heterocycles. The Bertz CT molecular complexity index is 644. The molecular formula is C15H14BrF3N2O. The van der Waals surface area contributed by atoms with Crippen LogP contribution in [0.3, 0.4) is 0 Å². The molecule has 2 rings (SSSR count). The third-order valence-corrected chi connectivity index (χ3v) is 3.62. The standard InChI is InChI=1S/C15H14BrF3N2O/c1-9-2-4-10(5-3-9)20-14(22)21-11-6-7-13(16)12(8-11)15(17,18)19/h2-8,14,20-22H,1H3. The molecule has 0 bridgehead atoms. The predicted molar refractivity (Wildman–Crippen MR) is 83.6 cm³/mol. The largest absolute Gasteiger partial charge is 0.417 e. The van der Waals surface area contributed by atoms with Crippen LogP contribution >= 0.6 is 15.9 Å². The van der Waals surface area contributed by atoms with Gasteiger partial charge in [0.25, 0.3) is 0 Å². The van der Waals surface area contributed by atoms with Gasteiger partial charge < -0.3 is 15.7 Å². The Morgan fingerprint density at radius 1 is 1.00 bits per heavy atom. The topological polar surface area (TPSA) is 44.3 Å². The molecule has 2 aromatic carbocycles. The van der Waals surface area contributed by atoms with E-state index in [0.29, 0.717) is 5.69 Å². The van der Waals surface area contributed by atoms with Crippen molar-refractivity contribution >= 4 is 27.3 Å². The number of aliphatic hydroxyl groups excluding tert-OH is 1. The molecule has 0 spiro atoms. The van der Waals surface area contributed by atoms with Crippen molar-refractivity contribution in [2.45, 2.75) is 19.5 Å². The van der Waals surface area contributed by atoms with Crippen molar-refractivity contribution in [2.24, 2.45) is 0 Å². The van der Waals surface area contributed by atoms with Crippen LogP contribution in [0.2, 0.25) is 0 Å². The van der Waals surface area contributed by atoms with Crippen molar-refractivity contribution in [3.8, 4) is 0 Å². The van der Waals surface area contributed by atoms with Gasteiger partial charge in [-0.1, -0.05) is 33.6 Å². The first kappa shape index (κ1) is 16.6. The van der Waals surface area contributed by atoms with E-state index >= 15 is 0 Å². The molecule has 0 saturated heterocycles. The van der Waals surface area contributed by atoms with Crippen LogP contribution in [0, 0.1) is 6.92 Å². The van der Waals surface area contributed by atoms with E-state index in [1.807, 2.05) is 19.1 Å². The number of hydrogen-bond acceptors (Lipinski definition) is 3. The quantitative estimate of drug-likeness (QED) is 0.686. The van der Waals surface area contributed by atoms with Gasteiger partial charge >= 0.3 is 6.18 Å². The molecule has 0 aliphatic carbocycles. The summed E-state index contributed by atoms with van der Waals surface area (Å²) in [7, 11) is 0. The number of hydrogen-bond donors (Lipinski definition) is 3. The zero-order chi connectivity index (χ0) is 16.3. The highest BCUT2D eigenvalue weighted by Crippen LogP contribution is 2.36. The smallest absolute Gasteiger partial charge is 0.357 e. The Hall–Kier alpha value is -1.73. The summed E-state index contributed by atoms with van der Waals surface area (Å²) in [5.41, 5.74) is 1.07. The summed E-state index contributed by atoms with van der Waals surface area (Å²) in [6.07, 6.45) is -5.68. The first-order valence-corrected chi connectivity index (χ1v) is 7.19. The number of aliphatic hydroxyl groups is 1. The fraction of sp³-hybridized carbons (Fsp3) is 0.200. The van der Waals surface area contributed by atoms with E-state index in [0.717, 1.165) is 11.6 Å². The number of aryl methyl sites for hydroxylation is 1. The zero-order valence-electron chi connectivity index (χ0n) is 11.6. The summed E-state index contributed by atoms with van der Waals surface area (Å²) >= 11 is 2.87. The highest BCUT2D eigenvalue weighted by molar-refractivity contribution is 9.10. The molecular weight excluding hydrogens is 361 g/mol. The average Bonchev–Trinajstić information content (AvgIpc) is 2.42. The van der Waals surface area contributed by atoms with Gasteiger partial charge in [0.15, 0.2) is 0 Å². The molecule has 0 saturated carbocycles. The Labute approximate surface area is 134 Å². The maximum Gasteiger partial charge on any atom is 0.417 e.